The zero-order valence-corrected chi connectivity index (χ0v) is 16.9. The smallest absolute Gasteiger partial charge is 0.282 e. The van der Waals surface area contributed by atoms with E-state index in [9.17, 15) is 13.0 Å². The summed E-state index contributed by atoms with van der Waals surface area (Å²) >= 11 is 0. The molecule has 6 heteroatoms. The van der Waals surface area contributed by atoms with E-state index in [1.807, 2.05) is 66.7 Å². The molecule has 117 valence electrons. The first-order chi connectivity index (χ1) is 11.1. The van der Waals surface area contributed by atoms with Gasteiger partial charge in [-0.2, -0.15) is 8.42 Å². The molecule has 0 fully saturated rings. The first kappa shape index (κ1) is 19.3. The van der Waals surface area contributed by atoms with E-state index in [1.54, 1.807) is 12.1 Å². The normalized spacial score (nSPS) is 11.1. The van der Waals surface area contributed by atoms with Crippen molar-refractivity contribution in [2.24, 2.45) is 0 Å². The maximum atomic E-state index is 11.4. The van der Waals surface area contributed by atoms with Crippen LogP contribution < -0.4 is 15.9 Å². The molecule has 0 bridgehead atoms. The van der Waals surface area contributed by atoms with Crippen LogP contribution in [-0.2, 0) is 10.1 Å². The first-order valence-electron chi connectivity index (χ1n) is 7.03. The maximum absolute atomic E-state index is 11.4. The third-order valence-electron chi connectivity index (χ3n) is 3.40. The molecule has 1 radical (unpaired) electrons. The van der Waals surface area contributed by atoms with E-state index in [4.69, 9.17) is 0 Å². The Labute approximate surface area is 165 Å². The zero-order chi connectivity index (χ0) is 16.3. The van der Waals surface area contributed by atoms with Crippen LogP contribution in [-0.4, -0.2) is 42.5 Å². The SMILES string of the molecule is O=S(=O)(O)c1cccc(P(c2ccccc2)c2ccccc2)c1.[Na]. The van der Waals surface area contributed by atoms with E-state index in [1.165, 1.54) is 6.07 Å². The summed E-state index contributed by atoms with van der Waals surface area (Å²) in [7, 11) is -5.10. The van der Waals surface area contributed by atoms with E-state index < -0.39 is 18.0 Å². The molecule has 0 saturated heterocycles. The van der Waals surface area contributed by atoms with Crippen LogP contribution in [0.3, 0.4) is 0 Å². The van der Waals surface area contributed by atoms with Crippen LogP contribution in [0.15, 0.2) is 89.8 Å². The van der Waals surface area contributed by atoms with E-state index in [-0.39, 0.29) is 34.5 Å². The number of rotatable bonds is 4. The molecule has 3 aromatic carbocycles. The maximum Gasteiger partial charge on any atom is 0.294 e. The van der Waals surface area contributed by atoms with Gasteiger partial charge in [0.15, 0.2) is 0 Å². The summed E-state index contributed by atoms with van der Waals surface area (Å²) < 4.78 is 32.2. The molecule has 0 aromatic heterocycles. The Hall–Kier alpha value is -1.000. The van der Waals surface area contributed by atoms with Gasteiger partial charge in [0, 0.05) is 29.6 Å². The van der Waals surface area contributed by atoms with Gasteiger partial charge in [-0.3, -0.25) is 4.55 Å². The molecular weight excluding hydrogens is 350 g/mol. The molecule has 0 aliphatic carbocycles. The standard InChI is InChI=1S/C18H15O3PS.Na/c19-23(20,21)18-13-7-12-17(14-18)22(15-8-3-1-4-9-15)16-10-5-2-6-11-16;/h1-14H,(H,19,20,21);. The van der Waals surface area contributed by atoms with Gasteiger partial charge in [-0.15, -0.1) is 0 Å². The Balaban J connectivity index is 0.00000208. The summed E-state index contributed by atoms with van der Waals surface area (Å²) in [4.78, 5) is -0.0747. The van der Waals surface area contributed by atoms with Gasteiger partial charge in [-0.05, 0) is 36.0 Å². The van der Waals surface area contributed by atoms with Crippen molar-refractivity contribution >= 4 is 63.5 Å². The number of benzene rings is 3. The summed E-state index contributed by atoms with van der Waals surface area (Å²) in [5, 5.41) is 3.13. The van der Waals surface area contributed by atoms with E-state index in [0.717, 1.165) is 15.9 Å². The van der Waals surface area contributed by atoms with Crippen LogP contribution >= 0.6 is 7.92 Å². The molecule has 24 heavy (non-hydrogen) atoms. The fraction of sp³-hybridized carbons (Fsp3) is 0. The molecule has 0 heterocycles. The van der Waals surface area contributed by atoms with Gasteiger partial charge in [0.2, 0.25) is 0 Å². The third-order valence-corrected chi connectivity index (χ3v) is 6.68. The minimum absolute atomic E-state index is 0. The van der Waals surface area contributed by atoms with Crippen LogP contribution in [0.2, 0.25) is 0 Å². The summed E-state index contributed by atoms with van der Waals surface area (Å²) in [5.74, 6) is 0. The second kappa shape index (κ2) is 8.39. The predicted molar refractivity (Wildman–Crippen MR) is 101 cm³/mol. The summed E-state index contributed by atoms with van der Waals surface area (Å²) in [6.45, 7) is 0. The fourth-order valence-corrected chi connectivity index (χ4v) is 5.34. The van der Waals surface area contributed by atoms with Gasteiger partial charge in [-0.25, -0.2) is 0 Å². The Kier molecular flexibility index (Phi) is 6.76. The van der Waals surface area contributed by atoms with Crippen LogP contribution in [0.5, 0.6) is 0 Å². The van der Waals surface area contributed by atoms with Crippen LogP contribution in [0.1, 0.15) is 0 Å². The average Bonchev–Trinajstić information content (AvgIpc) is 2.57. The zero-order valence-electron chi connectivity index (χ0n) is 13.2. The number of hydrogen-bond donors (Lipinski definition) is 1. The van der Waals surface area contributed by atoms with E-state index >= 15 is 0 Å². The van der Waals surface area contributed by atoms with Crippen LogP contribution in [0.4, 0.5) is 0 Å². The van der Waals surface area contributed by atoms with Crippen molar-refractivity contribution in [2.45, 2.75) is 4.90 Å². The first-order valence-corrected chi connectivity index (χ1v) is 9.82. The van der Waals surface area contributed by atoms with Crippen molar-refractivity contribution < 1.29 is 13.0 Å². The Morgan fingerprint density at radius 1 is 0.667 bits per heavy atom. The van der Waals surface area contributed by atoms with Crippen molar-refractivity contribution in [3.05, 3.63) is 84.9 Å². The van der Waals surface area contributed by atoms with Crippen molar-refractivity contribution in [1.82, 2.24) is 0 Å². The number of hydrogen-bond acceptors (Lipinski definition) is 2. The van der Waals surface area contributed by atoms with Crippen molar-refractivity contribution in [2.75, 3.05) is 0 Å². The molecule has 3 nitrogen and oxygen atoms in total. The van der Waals surface area contributed by atoms with Crippen molar-refractivity contribution in [3.8, 4) is 0 Å². The molecule has 0 amide bonds. The molecule has 0 unspecified atom stereocenters. The van der Waals surface area contributed by atoms with Gasteiger partial charge in [-0.1, -0.05) is 72.8 Å². The van der Waals surface area contributed by atoms with Crippen LogP contribution in [0, 0.1) is 0 Å². The minimum Gasteiger partial charge on any atom is -0.282 e. The summed E-state index contributed by atoms with van der Waals surface area (Å²) in [5.41, 5.74) is 0. The average molecular weight is 365 g/mol. The molecule has 0 atom stereocenters. The van der Waals surface area contributed by atoms with Crippen molar-refractivity contribution in [3.63, 3.8) is 0 Å². The van der Waals surface area contributed by atoms with Gasteiger partial charge < -0.3 is 0 Å². The quantitative estimate of drug-likeness (QED) is 0.439. The molecule has 0 spiro atoms. The Bertz CT molecular complexity index is 860. The largest absolute Gasteiger partial charge is 0.294 e. The topological polar surface area (TPSA) is 54.4 Å². The van der Waals surface area contributed by atoms with Gasteiger partial charge in [0.1, 0.15) is 0 Å². The predicted octanol–water partition coefficient (Wildman–Crippen LogP) is 2.31. The van der Waals surface area contributed by atoms with Gasteiger partial charge >= 0.3 is 0 Å². The van der Waals surface area contributed by atoms with E-state index in [0.29, 0.717) is 0 Å². The Morgan fingerprint density at radius 2 is 1.12 bits per heavy atom. The minimum atomic E-state index is -4.21. The summed E-state index contributed by atoms with van der Waals surface area (Å²) in [6.07, 6.45) is 0. The third kappa shape index (κ3) is 4.54. The van der Waals surface area contributed by atoms with Gasteiger partial charge in [0.05, 0.1) is 4.90 Å². The molecule has 0 aliphatic rings. The summed E-state index contributed by atoms with van der Waals surface area (Å²) in [6, 6.07) is 26.5. The second-order valence-electron chi connectivity index (χ2n) is 4.98. The second-order valence-corrected chi connectivity index (χ2v) is 8.62. The van der Waals surface area contributed by atoms with Gasteiger partial charge in [0.25, 0.3) is 10.1 Å². The Morgan fingerprint density at radius 3 is 1.58 bits per heavy atom. The molecule has 1 N–H and O–H groups in total. The molecule has 0 aliphatic heterocycles. The van der Waals surface area contributed by atoms with Crippen molar-refractivity contribution in [1.29, 1.82) is 0 Å². The monoisotopic (exact) mass is 365 g/mol. The molecule has 3 rings (SSSR count). The van der Waals surface area contributed by atoms with E-state index in [2.05, 4.69) is 0 Å². The molecule has 0 saturated carbocycles. The van der Waals surface area contributed by atoms with Crippen LogP contribution in [0.25, 0.3) is 0 Å². The molecule has 3 aromatic rings. The molecular formula is C18H15NaO3PS. The fourth-order valence-electron chi connectivity index (χ4n) is 2.38.